The summed E-state index contributed by atoms with van der Waals surface area (Å²) in [7, 11) is 0. The molecule has 0 fully saturated rings. The van der Waals surface area contributed by atoms with Crippen LogP contribution in [0, 0.1) is 5.82 Å². The van der Waals surface area contributed by atoms with Gasteiger partial charge >= 0.3 is 5.97 Å². The average Bonchev–Trinajstić information content (AvgIpc) is 2.80. The summed E-state index contributed by atoms with van der Waals surface area (Å²) in [5.74, 6) is -0.755. The molecule has 0 aliphatic heterocycles. The molecule has 0 aliphatic carbocycles. The second-order valence-electron chi connectivity index (χ2n) is 5.27. The van der Waals surface area contributed by atoms with Gasteiger partial charge in [0.25, 0.3) is 0 Å². The van der Waals surface area contributed by atoms with E-state index in [1.807, 2.05) is 6.92 Å². The summed E-state index contributed by atoms with van der Waals surface area (Å²) in [6.07, 6.45) is 3.53. The van der Waals surface area contributed by atoms with Crippen LogP contribution in [0.4, 0.5) is 4.39 Å². The summed E-state index contributed by atoms with van der Waals surface area (Å²) in [6.45, 7) is 2.42. The van der Waals surface area contributed by atoms with Crippen LogP contribution in [0.3, 0.4) is 0 Å². The van der Waals surface area contributed by atoms with E-state index in [1.165, 1.54) is 18.4 Å². The van der Waals surface area contributed by atoms with E-state index in [9.17, 15) is 9.18 Å². The van der Waals surface area contributed by atoms with Crippen molar-refractivity contribution in [2.45, 2.75) is 38.6 Å². The highest BCUT2D eigenvalue weighted by Gasteiger charge is 2.16. The molecular weight excluding hydrogens is 309 g/mol. The molecule has 0 saturated heterocycles. The summed E-state index contributed by atoms with van der Waals surface area (Å²) in [4.78, 5) is 11.6. The summed E-state index contributed by atoms with van der Waals surface area (Å²) in [6, 6.07) is 2.20. The van der Waals surface area contributed by atoms with Crippen molar-refractivity contribution in [1.82, 2.24) is 0 Å². The highest BCUT2D eigenvalue weighted by Crippen LogP contribution is 2.30. The molecule has 2 aromatic rings. The monoisotopic (exact) mass is 327 g/mol. The van der Waals surface area contributed by atoms with Crippen LogP contribution < -0.4 is 5.73 Å². The Hall–Kier alpha value is -1.59. The molecule has 2 rings (SSSR count). The number of rotatable bonds is 7. The fourth-order valence-electron chi connectivity index (χ4n) is 2.25. The summed E-state index contributed by atoms with van der Waals surface area (Å²) >= 11 is 5.94. The van der Waals surface area contributed by atoms with Crippen LogP contribution in [-0.2, 0) is 16.0 Å². The van der Waals surface area contributed by atoms with Gasteiger partial charge in [-0.2, -0.15) is 0 Å². The van der Waals surface area contributed by atoms with Crippen molar-refractivity contribution >= 4 is 28.5 Å². The summed E-state index contributed by atoms with van der Waals surface area (Å²) in [5.41, 5.74) is 7.06. The largest absolute Gasteiger partial charge is 0.466 e. The van der Waals surface area contributed by atoms with E-state index in [-0.39, 0.29) is 12.4 Å². The zero-order valence-corrected chi connectivity index (χ0v) is 13.2. The number of unbranched alkanes of at least 4 members (excludes halogenated alkanes) is 1. The number of nitrogens with two attached hydrogens (primary N) is 1. The lowest BCUT2D eigenvalue weighted by molar-refractivity contribution is -0.144. The van der Waals surface area contributed by atoms with E-state index < -0.39 is 11.9 Å². The van der Waals surface area contributed by atoms with Gasteiger partial charge in [0.1, 0.15) is 17.7 Å². The number of esters is 1. The van der Waals surface area contributed by atoms with Gasteiger partial charge < -0.3 is 14.9 Å². The van der Waals surface area contributed by atoms with E-state index in [1.54, 1.807) is 0 Å². The van der Waals surface area contributed by atoms with Gasteiger partial charge in [-0.05, 0) is 30.5 Å². The predicted octanol–water partition coefficient (Wildman–Crippen LogP) is 3.83. The third kappa shape index (κ3) is 4.21. The van der Waals surface area contributed by atoms with Crippen LogP contribution >= 0.6 is 11.6 Å². The van der Waals surface area contributed by atoms with Crippen LogP contribution in [0.15, 0.2) is 22.8 Å². The van der Waals surface area contributed by atoms with Crippen molar-refractivity contribution < 1.29 is 18.3 Å². The van der Waals surface area contributed by atoms with Crippen molar-refractivity contribution in [2.75, 3.05) is 6.61 Å². The van der Waals surface area contributed by atoms with Gasteiger partial charge in [-0.1, -0.05) is 24.9 Å². The highest BCUT2D eigenvalue weighted by molar-refractivity contribution is 6.35. The lowest BCUT2D eigenvalue weighted by atomic mass is 10.0. The molecule has 0 spiro atoms. The van der Waals surface area contributed by atoms with Crippen molar-refractivity contribution in [3.8, 4) is 0 Å². The zero-order chi connectivity index (χ0) is 16.1. The molecule has 2 N–H and O–H groups in total. The molecule has 0 saturated carbocycles. The van der Waals surface area contributed by atoms with Crippen molar-refractivity contribution in [1.29, 1.82) is 0 Å². The van der Waals surface area contributed by atoms with Gasteiger partial charge in [-0.15, -0.1) is 0 Å². The lowest BCUT2D eigenvalue weighted by Gasteiger charge is -2.12. The van der Waals surface area contributed by atoms with E-state index in [0.717, 1.165) is 12.8 Å². The standard InChI is InChI=1S/C16H19ClFNO3/c1-2-3-4-21-15(20)8-12(19)6-10-5-11(18)7-13-14(17)9-22-16(10)13/h5,7,9,12H,2-4,6,8,19H2,1H3. The molecule has 1 atom stereocenters. The first-order chi connectivity index (χ1) is 10.5. The number of furan rings is 1. The molecular formula is C16H19ClFNO3. The maximum atomic E-state index is 13.6. The Balaban J connectivity index is 2.02. The Morgan fingerprint density at radius 3 is 3.00 bits per heavy atom. The van der Waals surface area contributed by atoms with Crippen LogP contribution in [0.25, 0.3) is 11.0 Å². The van der Waals surface area contributed by atoms with Gasteiger partial charge in [-0.25, -0.2) is 4.39 Å². The number of halogens is 2. The number of ether oxygens (including phenoxy) is 1. The first kappa shape index (κ1) is 16.8. The van der Waals surface area contributed by atoms with Crippen LogP contribution in [-0.4, -0.2) is 18.6 Å². The Labute approximate surface area is 133 Å². The number of fused-ring (bicyclic) bond motifs is 1. The molecule has 1 aromatic heterocycles. The molecule has 0 amide bonds. The number of hydrogen-bond acceptors (Lipinski definition) is 4. The van der Waals surface area contributed by atoms with E-state index in [0.29, 0.717) is 34.6 Å². The molecule has 0 radical (unpaired) electrons. The molecule has 22 heavy (non-hydrogen) atoms. The molecule has 0 bridgehead atoms. The SMILES string of the molecule is CCCCOC(=O)CC(N)Cc1cc(F)cc2c(Cl)coc12. The van der Waals surface area contributed by atoms with Gasteiger partial charge in [0.2, 0.25) is 0 Å². The minimum absolute atomic E-state index is 0.0795. The fourth-order valence-corrected chi connectivity index (χ4v) is 2.44. The normalized spacial score (nSPS) is 12.5. The van der Waals surface area contributed by atoms with E-state index >= 15 is 0 Å². The van der Waals surface area contributed by atoms with Gasteiger partial charge in [0, 0.05) is 11.4 Å². The minimum atomic E-state index is -0.469. The van der Waals surface area contributed by atoms with Crippen LogP contribution in [0.2, 0.25) is 5.02 Å². The van der Waals surface area contributed by atoms with Crippen LogP contribution in [0.5, 0.6) is 0 Å². The fraction of sp³-hybridized carbons (Fsp3) is 0.438. The molecule has 4 nitrogen and oxygen atoms in total. The summed E-state index contributed by atoms with van der Waals surface area (Å²) in [5, 5.41) is 0.859. The van der Waals surface area contributed by atoms with Crippen molar-refractivity contribution in [3.63, 3.8) is 0 Å². The predicted molar refractivity (Wildman–Crippen MR) is 83.3 cm³/mol. The van der Waals surface area contributed by atoms with E-state index in [2.05, 4.69) is 0 Å². The molecule has 1 heterocycles. The molecule has 0 aliphatic rings. The van der Waals surface area contributed by atoms with Gasteiger partial charge in [0.05, 0.1) is 18.1 Å². The Morgan fingerprint density at radius 2 is 2.27 bits per heavy atom. The lowest BCUT2D eigenvalue weighted by Crippen LogP contribution is -2.27. The third-order valence-corrected chi connectivity index (χ3v) is 3.63. The second-order valence-corrected chi connectivity index (χ2v) is 5.67. The second kappa shape index (κ2) is 7.61. The first-order valence-electron chi connectivity index (χ1n) is 7.27. The van der Waals surface area contributed by atoms with Crippen molar-refractivity contribution in [3.05, 3.63) is 34.8 Å². The van der Waals surface area contributed by atoms with Gasteiger partial charge in [-0.3, -0.25) is 4.79 Å². The molecule has 1 aromatic carbocycles. The first-order valence-corrected chi connectivity index (χ1v) is 7.65. The molecule has 1 unspecified atom stereocenters. The minimum Gasteiger partial charge on any atom is -0.466 e. The highest BCUT2D eigenvalue weighted by atomic mass is 35.5. The molecule has 6 heteroatoms. The maximum absolute atomic E-state index is 13.6. The average molecular weight is 328 g/mol. The van der Waals surface area contributed by atoms with Gasteiger partial charge in [0.15, 0.2) is 0 Å². The smallest absolute Gasteiger partial charge is 0.307 e. The van der Waals surface area contributed by atoms with Crippen LogP contribution in [0.1, 0.15) is 31.7 Å². The number of benzene rings is 1. The van der Waals surface area contributed by atoms with E-state index in [4.69, 9.17) is 26.5 Å². The Morgan fingerprint density at radius 1 is 1.50 bits per heavy atom. The van der Waals surface area contributed by atoms with Crippen molar-refractivity contribution in [2.24, 2.45) is 5.73 Å². The Bertz CT molecular complexity index is 656. The number of carbonyl (C=O) groups is 1. The zero-order valence-electron chi connectivity index (χ0n) is 12.4. The quantitative estimate of drug-likeness (QED) is 0.620. The Kier molecular flexibility index (Phi) is 5.80. The summed E-state index contributed by atoms with van der Waals surface area (Å²) < 4.78 is 24.1. The molecule has 120 valence electrons. The topological polar surface area (TPSA) is 65.5 Å². The number of carbonyl (C=O) groups excluding carboxylic acids is 1. The number of hydrogen-bond donors (Lipinski definition) is 1. The maximum Gasteiger partial charge on any atom is 0.307 e. The third-order valence-electron chi connectivity index (χ3n) is 3.34.